The number of likely N-dealkylation sites (N-methyl/N-ethyl adjacent to an activating group) is 1. The fraction of sp³-hybridized carbons (Fsp3) is 0.533. The van der Waals surface area contributed by atoms with E-state index in [-0.39, 0.29) is 18.0 Å². The van der Waals surface area contributed by atoms with Crippen molar-refractivity contribution in [2.45, 2.75) is 37.9 Å². The van der Waals surface area contributed by atoms with Crippen molar-refractivity contribution in [3.05, 3.63) is 34.9 Å². The Labute approximate surface area is 125 Å². The Morgan fingerprint density at radius 2 is 2.15 bits per heavy atom. The molecule has 1 aromatic carbocycles. The Morgan fingerprint density at radius 1 is 1.50 bits per heavy atom. The molecule has 5 heteroatoms. The molecule has 1 aromatic rings. The van der Waals surface area contributed by atoms with Crippen molar-refractivity contribution in [1.29, 1.82) is 0 Å². The lowest BCUT2D eigenvalue weighted by molar-refractivity contribution is -0.122. The van der Waals surface area contributed by atoms with Gasteiger partial charge in [0.2, 0.25) is 5.91 Å². The van der Waals surface area contributed by atoms with E-state index in [4.69, 9.17) is 17.3 Å². The fourth-order valence-electron chi connectivity index (χ4n) is 2.46. The number of nitrogens with zero attached hydrogens (tertiary/aromatic N) is 1. The molecular formula is C15H22ClN3O. The molecule has 1 aliphatic carbocycles. The molecule has 0 bridgehead atoms. The van der Waals surface area contributed by atoms with Crippen LogP contribution in [0.2, 0.25) is 5.02 Å². The zero-order chi connectivity index (χ0) is 14.7. The van der Waals surface area contributed by atoms with Crippen molar-refractivity contribution >= 4 is 17.5 Å². The maximum absolute atomic E-state index is 11.9. The molecule has 2 unspecified atom stereocenters. The first-order valence-corrected chi connectivity index (χ1v) is 7.36. The van der Waals surface area contributed by atoms with Crippen LogP contribution in [0, 0.1) is 0 Å². The summed E-state index contributed by atoms with van der Waals surface area (Å²) >= 11 is 6.26. The maximum Gasteiger partial charge on any atom is 0.234 e. The first kappa shape index (κ1) is 15.3. The molecule has 1 saturated carbocycles. The smallest absolute Gasteiger partial charge is 0.234 e. The van der Waals surface area contributed by atoms with Crippen molar-refractivity contribution in [2.75, 3.05) is 13.6 Å². The van der Waals surface area contributed by atoms with Gasteiger partial charge in [0.05, 0.1) is 12.6 Å². The summed E-state index contributed by atoms with van der Waals surface area (Å²) in [5.41, 5.74) is 7.06. The van der Waals surface area contributed by atoms with Gasteiger partial charge in [-0.05, 0) is 38.4 Å². The van der Waals surface area contributed by atoms with E-state index in [1.165, 1.54) is 0 Å². The number of hydrogen-bond donors (Lipinski definition) is 2. The molecule has 3 N–H and O–H groups in total. The third-order valence-corrected chi connectivity index (χ3v) is 3.88. The molecular weight excluding hydrogens is 274 g/mol. The van der Waals surface area contributed by atoms with Crippen LogP contribution in [0.15, 0.2) is 24.3 Å². The second kappa shape index (κ2) is 6.57. The largest absolute Gasteiger partial charge is 0.352 e. The minimum Gasteiger partial charge on any atom is -0.352 e. The Bertz CT molecular complexity index is 474. The first-order valence-electron chi connectivity index (χ1n) is 6.98. The highest BCUT2D eigenvalue weighted by Crippen LogP contribution is 2.28. The first-order chi connectivity index (χ1) is 9.49. The summed E-state index contributed by atoms with van der Waals surface area (Å²) in [5, 5.41) is 3.67. The number of halogens is 1. The number of nitrogens with two attached hydrogens (primary N) is 1. The number of benzene rings is 1. The van der Waals surface area contributed by atoms with Crippen LogP contribution in [-0.2, 0) is 4.79 Å². The van der Waals surface area contributed by atoms with Crippen molar-refractivity contribution in [2.24, 2.45) is 5.73 Å². The molecule has 2 rings (SSSR count). The standard InChI is InChI=1S/C15H22ClN3O/c1-10(17)15(12-5-3-4-6-13(12)16)19(2)9-14(20)18-11-7-8-11/h3-6,10-11,15H,7-9,17H2,1-2H3,(H,18,20). The second-order valence-electron chi connectivity index (χ2n) is 5.58. The maximum atomic E-state index is 11.9. The SMILES string of the molecule is CC(N)C(c1ccccc1Cl)N(C)CC(=O)NC1CC1. The van der Waals surface area contributed by atoms with Gasteiger partial charge >= 0.3 is 0 Å². The van der Waals surface area contributed by atoms with Crippen molar-refractivity contribution in [3.63, 3.8) is 0 Å². The summed E-state index contributed by atoms with van der Waals surface area (Å²) in [5.74, 6) is 0.0488. The van der Waals surface area contributed by atoms with Crippen molar-refractivity contribution in [3.8, 4) is 0 Å². The minimum atomic E-state index is -0.117. The Balaban J connectivity index is 2.07. The second-order valence-corrected chi connectivity index (χ2v) is 5.99. The lowest BCUT2D eigenvalue weighted by atomic mass is 9.99. The Kier molecular flexibility index (Phi) is 5.02. The summed E-state index contributed by atoms with van der Waals surface area (Å²) in [7, 11) is 1.91. The molecule has 4 nitrogen and oxygen atoms in total. The van der Waals surface area contributed by atoms with E-state index in [9.17, 15) is 4.79 Å². The average molecular weight is 296 g/mol. The Morgan fingerprint density at radius 3 is 2.70 bits per heavy atom. The van der Waals surface area contributed by atoms with Crippen LogP contribution in [0.5, 0.6) is 0 Å². The van der Waals surface area contributed by atoms with E-state index in [0.29, 0.717) is 17.6 Å². The highest BCUT2D eigenvalue weighted by molar-refractivity contribution is 6.31. The summed E-state index contributed by atoms with van der Waals surface area (Å²) in [6.45, 7) is 2.26. The summed E-state index contributed by atoms with van der Waals surface area (Å²) in [4.78, 5) is 13.9. The van der Waals surface area contributed by atoms with Gasteiger partial charge in [-0.3, -0.25) is 9.69 Å². The normalized spacial score (nSPS) is 17.9. The molecule has 2 atom stereocenters. The lowest BCUT2D eigenvalue weighted by Crippen LogP contribution is -2.43. The Hall–Kier alpha value is -1.10. The minimum absolute atomic E-state index is 0.0488. The van der Waals surface area contributed by atoms with Gasteiger partial charge in [0.25, 0.3) is 0 Å². The van der Waals surface area contributed by atoms with Crippen LogP contribution < -0.4 is 11.1 Å². The van der Waals surface area contributed by atoms with Gasteiger partial charge in [-0.2, -0.15) is 0 Å². The number of amides is 1. The predicted molar refractivity (Wildman–Crippen MR) is 81.6 cm³/mol. The van der Waals surface area contributed by atoms with Crippen LogP contribution in [0.4, 0.5) is 0 Å². The molecule has 0 aliphatic heterocycles. The van der Waals surface area contributed by atoms with E-state index in [1.807, 2.05) is 43.1 Å². The number of carbonyl (C=O) groups is 1. The van der Waals surface area contributed by atoms with Gasteiger partial charge in [0.1, 0.15) is 0 Å². The zero-order valence-electron chi connectivity index (χ0n) is 12.0. The highest BCUT2D eigenvalue weighted by Gasteiger charge is 2.27. The third kappa shape index (κ3) is 3.95. The molecule has 0 saturated heterocycles. The third-order valence-electron chi connectivity index (χ3n) is 3.53. The molecule has 0 spiro atoms. The molecule has 1 amide bonds. The van der Waals surface area contributed by atoms with Crippen LogP contribution in [0.25, 0.3) is 0 Å². The molecule has 0 radical (unpaired) electrons. The molecule has 0 heterocycles. The van der Waals surface area contributed by atoms with Gasteiger partial charge in [-0.25, -0.2) is 0 Å². The average Bonchev–Trinajstić information content (AvgIpc) is 3.15. The van der Waals surface area contributed by atoms with E-state index >= 15 is 0 Å². The van der Waals surface area contributed by atoms with E-state index < -0.39 is 0 Å². The number of carbonyl (C=O) groups excluding carboxylic acids is 1. The summed E-state index contributed by atoms with van der Waals surface area (Å²) in [6.07, 6.45) is 2.19. The van der Waals surface area contributed by atoms with E-state index in [0.717, 1.165) is 18.4 Å². The predicted octanol–water partition coefficient (Wildman–Crippen LogP) is 1.94. The zero-order valence-corrected chi connectivity index (χ0v) is 12.7. The topological polar surface area (TPSA) is 58.4 Å². The lowest BCUT2D eigenvalue weighted by Gasteiger charge is -2.31. The number of hydrogen-bond acceptors (Lipinski definition) is 3. The van der Waals surface area contributed by atoms with Crippen LogP contribution in [0.3, 0.4) is 0 Å². The molecule has 20 heavy (non-hydrogen) atoms. The summed E-state index contributed by atoms with van der Waals surface area (Å²) in [6, 6.07) is 7.83. The van der Waals surface area contributed by atoms with Crippen molar-refractivity contribution in [1.82, 2.24) is 10.2 Å². The number of nitrogens with one attached hydrogen (secondary N) is 1. The van der Waals surface area contributed by atoms with Crippen LogP contribution in [0.1, 0.15) is 31.4 Å². The molecule has 1 aliphatic rings. The van der Waals surface area contributed by atoms with Gasteiger partial charge in [0, 0.05) is 17.1 Å². The van der Waals surface area contributed by atoms with Gasteiger partial charge in [-0.1, -0.05) is 29.8 Å². The van der Waals surface area contributed by atoms with E-state index in [1.54, 1.807) is 0 Å². The summed E-state index contributed by atoms with van der Waals surface area (Å²) < 4.78 is 0. The quantitative estimate of drug-likeness (QED) is 0.843. The van der Waals surface area contributed by atoms with Crippen LogP contribution >= 0.6 is 11.6 Å². The van der Waals surface area contributed by atoms with Gasteiger partial charge in [0.15, 0.2) is 0 Å². The van der Waals surface area contributed by atoms with Gasteiger partial charge < -0.3 is 11.1 Å². The molecule has 1 fully saturated rings. The fourth-order valence-corrected chi connectivity index (χ4v) is 2.71. The van der Waals surface area contributed by atoms with Crippen LogP contribution in [-0.4, -0.2) is 36.5 Å². The monoisotopic (exact) mass is 295 g/mol. The van der Waals surface area contributed by atoms with Gasteiger partial charge in [-0.15, -0.1) is 0 Å². The number of rotatable bonds is 6. The van der Waals surface area contributed by atoms with Crippen molar-refractivity contribution < 1.29 is 4.79 Å². The molecule has 0 aromatic heterocycles. The molecule has 110 valence electrons. The highest BCUT2D eigenvalue weighted by atomic mass is 35.5. The van der Waals surface area contributed by atoms with E-state index in [2.05, 4.69) is 5.32 Å².